The average Bonchev–Trinajstić information content (AvgIpc) is 2.48. The molecule has 7 heteroatoms. The summed E-state index contributed by atoms with van der Waals surface area (Å²) in [5, 5.41) is 2.44. The Bertz CT molecular complexity index is 797. The van der Waals surface area contributed by atoms with Crippen molar-refractivity contribution in [3.05, 3.63) is 53.6 Å². The average molecular weight is 320 g/mol. The minimum Gasteiger partial charge on any atom is -0.744 e. The van der Waals surface area contributed by atoms with Crippen LogP contribution in [0.25, 0.3) is 0 Å². The van der Waals surface area contributed by atoms with E-state index in [1.165, 1.54) is 31.4 Å². The van der Waals surface area contributed by atoms with E-state index in [4.69, 9.17) is 4.74 Å². The van der Waals surface area contributed by atoms with Gasteiger partial charge in [-0.2, -0.15) is 0 Å². The predicted molar refractivity (Wildman–Crippen MR) is 80.1 cm³/mol. The van der Waals surface area contributed by atoms with Crippen molar-refractivity contribution in [3.8, 4) is 5.75 Å². The molecule has 0 radical (unpaired) electrons. The van der Waals surface area contributed by atoms with E-state index in [9.17, 15) is 17.8 Å². The molecule has 0 spiro atoms. The largest absolute Gasteiger partial charge is 0.744 e. The molecular weight excluding hydrogens is 306 g/mol. The van der Waals surface area contributed by atoms with Crippen LogP contribution in [0.4, 0.5) is 5.69 Å². The van der Waals surface area contributed by atoms with Crippen molar-refractivity contribution in [2.24, 2.45) is 0 Å². The van der Waals surface area contributed by atoms with Gasteiger partial charge in [0.25, 0.3) is 5.91 Å². The first-order chi connectivity index (χ1) is 10.3. The summed E-state index contributed by atoms with van der Waals surface area (Å²) in [6.07, 6.45) is 0. The van der Waals surface area contributed by atoms with Gasteiger partial charge in [-0.05, 0) is 48.9 Å². The molecule has 22 heavy (non-hydrogen) atoms. The molecule has 0 aliphatic rings. The number of anilines is 1. The molecule has 1 amide bonds. The van der Waals surface area contributed by atoms with Crippen LogP contribution >= 0.6 is 0 Å². The van der Waals surface area contributed by atoms with Crippen molar-refractivity contribution in [2.45, 2.75) is 11.8 Å². The summed E-state index contributed by atoms with van der Waals surface area (Å²) in [6, 6.07) is 10.5. The third kappa shape index (κ3) is 3.63. The molecular formula is C15H14NO5S-. The highest BCUT2D eigenvalue weighted by Crippen LogP contribution is 2.23. The summed E-state index contributed by atoms with van der Waals surface area (Å²) >= 11 is 0. The van der Waals surface area contributed by atoms with Crippen LogP contribution in [0, 0.1) is 6.92 Å². The maximum absolute atomic E-state index is 12.1. The van der Waals surface area contributed by atoms with Gasteiger partial charge in [0.05, 0.1) is 17.7 Å². The molecule has 0 bridgehead atoms. The maximum Gasteiger partial charge on any atom is 0.255 e. The summed E-state index contributed by atoms with van der Waals surface area (Å²) in [5.41, 5.74) is 0.883. The second-order valence-corrected chi connectivity index (χ2v) is 5.98. The SMILES string of the molecule is COc1ccc(C(=O)Nc2ccc(C)cc2S(=O)(=O)[O-])cc1. The number of hydrogen-bond acceptors (Lipinski definition) is 5. The molecule has 6 nitrogen and oxygen atoms in total. The minimum atomic E-state index is -4.68. The molecule has 0 unspecified atom stereocenters. The van der Waals surface area contributed by atoms with Gasteiger partial charge in [-0.3, -0.25) is 4.79 Å². The van der Waals surface area contributed by atoms with Crippen molar-refractivity contribution in [1.82, 2.24) is 0 Å². The number of nitrogens with one attached hydrogen (secondary N) is 1. The Hall–Kier alpha value is -2.38. The van der Waals surface area contributed by atoms with E-state index >= 15 is 0 Å². The van der Waals surface area contributed by atoms with E-state index in [-0.39, 0.29) is 5.69 Å². The van der Waals surface area contributed by atoms with Crippen LogP contribution in [0.15, 0.2) is 47.4 Å². The monoisotopic (exact) mass is 320 g/mol. The lowest BCUT2D eigenvalue weighted by Crippen LogP contribution is -2.15. The lowest BCUT2D eigenvalue weighted by atomic mass is 10.2. The summed E-state index contributed by atoms with van der Waals surface area (Å²) in [4.78, 5) is 11.7. The Morgan fingerprint density at radius 1 is 1.14 bits per heavy atom. The number of amides is 1. The summed E-state index contributed by atoms with van der Waals surface area (Å²) in [7, 11) is -3.17. The van der Waals surface area contributed by atoms with E-state index in [1.54, 1.807) is 25.1 Å². The highest BCUT2D eigenvalue weighted by Gasteiger charge is 2.13. The first-order valence-corrected chi connectivity index (χ1v) is 7.74. The van der Waals surface area contributed by atoms with E-state index in [1.807, 2.05) is 0 Å². The number of ether oxygens (including phenoxy) is 1. The fourth-order valence-corrected chi connectivity index (χ4v) is 2.60. The molecule has 1 N–H and O–H groups in total. The van der Waals surface area contributed by atoms with Crippen LogP contribution in [0.3, 0.4) is 0 Å². The van der Waals surface area contributed by atoms with Gasteiger partial charge in [-0.1, -0.05) is 6.07 Å². The van der Waals surface area contributed by atoms with Crippen LogP contribution in [0.2, 0.25) is 0 Å². The molecule has 0 aromatic heterocycles. The van der Waals surface area contributed by atoms with Gasteiger partial charge < -0.3 is 14.6 Å². The highest BCUT2D eigenvalue weighted by atomic mass is 32.2. The maximum atomic E-state index is 12.1. The topological polar surface area (TPSA) is 95.5 Å². The first kappa shape index (κ1) is 16.0. The van der Waals surface area contributed by atoms with Gasteiger partial charge in [-0.25, -0.2) is 8.42 Å². The Kier molecular flexibility index (Phi) is 4.48. The van der Waals surface area contributed by atoms with Crippen molar-refractivity contribution in [3.63, 3.8) is 0 Å². The van der Waals surface area contributed by atoms with Crippen LogP contribution in [-0.2, 0) is 10.1 Å². The van der Waals surface area contributed by atoms with Crippen molar-refractivity contribution in [1.29, 1.82) is 0 Å². The summed E-state index contributed by atoms with van der Waals surface area (Å²) in [5.74, 6) is 0.0751. The Balaban J connectivity index is 2.32. The number of aryl methyl sites for hydroxylation is 1. The molecule has 0 aliphatic heterocycles. The van der Waals surface area contributed by atoms with Crippen LogP contribution in [0.1, 0.15) is 15.9 Å². The molecule has 0 fully saturated rings. The Morgan fingerprint density at radius 3 is 2.32 bits per heavy atom. The zero-order valence-electron chi connectivity index (χ0n) is 12.0. The molecule has 0 aliphatic carbocycles. The Labute approximate surface area is 128 Å². The fraction of sp³-hybridized carbons (Fsp3) is 0.133. The predicted octanol–water partition coefficient (Wildman–Crippen LogP) is 2.16. The summed E-state index contributed by atoms with van der Waals surface area (Å²) < 4.78 is 38.8. The van der Waals surface area contributed by atoms with Crippen LogP contribution < -0.4 is 10.1 Å². The first-order valence-electron chi connectivity index (χ1n) is 6.33. The van der Waals surface area contributed by atoms with Crippen molar-refractivity contribution in [2.75, 3.05) is 12.4 Å². The summed E-state index contributed by atoms with van der Waals surface area (Å²) in [6.45, 7) is 1.66. The molecule has 0 atom stereocenters. The number of methoxy groups -OCH3 is 1. The molecule has 0 saturated carbocycles. The molecule has 2 rings (SSSR count). The molecule has 0 saturated heterocycles. The van der Waals surface area contributed by atoms with Gasteiger partial charge in [0.1, 0.15) is 15.9 Å². The minimum absolute atomic E-state index is 0.0404. The smallest absolute Gasteiger partial charge is 0.255 e. The standard InChI is InChI=1S/C15H15NO5S/c1-10-3-8-13(14(9-10)22(18,19)20)16-15(17)11-4-6-12(21-2)7-5-11/h3-9H,1-2H3,(H,16,17)(H,18,19,20)/p-1. The highest BCUT2D eigenvalue weighted by molar-refractivity contribution is 7.86. The van der Waals surface area contributed by atoms with Crippen LogP contribution in [-0.4, -0.2) is 26.0 Å². The fourth-order valence-electron chi connectivity index (χ4n) is 1.88. The van der Waals surface area contributed by atoms with Crippen LogP contribution in [0.5, 0.6) is 5.75 Å². The molecule has 2 aromatic carbocycles. The number of benzene rings is 2. The molecule has 0 heterocycles. The normalized spacial score (nSPS) is 11.0. The third-order valence-corrected chi connectivity index (χ3v) is 3.88. The number of carbonyl (C=O) groups is 1. The number of rotatable bonds is 4. The number of carbonyl (C=O) groups excluding carboxylic acids is 1. The van der Waals surface area contributed by atoms with E-state index in [0.717, 1.165) is 0 Å². The van der Waals surface area contributed by atoms with E-state index in [2.05, 4.69) is 5.32 Å². The van der Waals surface area contributed by atoms with Gasteiger partial charge in [0.15, 0.2) is 0 Å². The third-order valence-electron chi connectivity index (χ3n) is 3.01. The van der Waals surface area contributed by atoms with Crippen molar-refractivity contribution >= 4 is 21.7 Å². The zero-order chi connectivity index (χ0) is 16.3. The number of hydrogen-bond donors (Lipinski definition) is 1. The second kappa shape index (κ2) is 6.17. The van der Waals surface area contributed by atoms with E-state index in [0.29, 0.717) is 16.9 Å². The van der Waals surface area contributed by atoms with Gasteiger partial charge in [0.2, 0.25) is 0 Å². The van der Waals surface area contributed by atoms with Gasteiger partial charge >= 0.3 is 0 Å². The van der Waals surface area contributed by atoms with Crippen molar-refractivity contribution < 1.29 is 22.5 Å². The molecule has 2 aromatic rings. The lowest BCUT2D eigenvalue weighted by molar-refractivity contribution is 0.102. The zero-order valence-corrected chi connectivity index (χ0v) is 12.8. The van der Waals surface area contributed by atoms with E-state index < -0.39 is 20.9 Å². The van der Waals surface area contributed by atoms with Gasteiger partial charge in [-0.15, -0.1) is 0 Å². The lowest BCUT2D eigenvalue weighted by Gasteiger charge is -2.14. The second-order valence-electron chi connectivity index (χ2n) is 4.64. The van der Waals surface area contributed by atoms with Gasteiger partial charge in [0, 0.05) is 5.56 Å². The quantitative estimate of drug-likeness (QED) is 0.871. The Morgan fingerprint density at radius 2 is 1.77 bits per heavy atom. The molecule has 116 valence electrons.